The summed E-state index contributed by atoms with van der Waals surface area (Å²) in [7, 11) is 0. The number of halogens is 1. The first kappa shape index (κ1) is 14.5. The molecule has 1 amide bonds. The first-order valence-corrected chi connectivity index (χ1v) is 6.94. The number of benzene rings is 1. The number of aryl methyl sites for hydroxylation is 1. The van der Waals surface area contributed by atoms with E-state index in [1.165, 1.54) is 11.3 Å². The maximum atomic E-state index is 12.4. The third-order valence-electron chi connectivity index (χ3n) is 2.50. The van der Waals surface area contributed by atoms with Crippen molar-refractivity contribution >= 4 is 40.5 Å². The summed E-state index contributed by atoms with van der Waals surface area (Å²) in [4.78, 5) is 28.6. The van der Waals surface area contributed by atoms with E-state index >= 15 is 0 Å². The lowest BCUT2D eigenvalue weighted by atomic mass is 10.2. The molecule has 1 aromatic carbocycles. The average Bonchev–Trinajstić information content (AvgIpc) is 2.81. The van der Waals surface area contributed by atoms with E-state index in [4.69, 9.17) is 16.7 Å². The molecular formula is C13H11ClN2O3S. The standard InChI is InChI=1S/C13H11ClN2O3S/c1-8-15-11(7-20-8)13(19)16(6-12(17)18)10-4-2-3-9(14)5-10/h2-5,7H,6H2,1H3,(H,17,18). The molecule has 0 unspecified atom stereocenters. The van der Waals surface area contributed by atoms with E-state index in [0.717, 1.165) is 9.91 Å². The molecule has 104 valence electrons. The Bertz CT molecular complexity index is 657. The number of nitrogens with zero attached hydrogens (tertiary/aromatic N) is 2. The van der Waals surface area contributed by atoms with Crippen molar-refractivity contribution in [2.24, 2.45) is 0 Å². The molecule has 1 N–H and O–H groups in total. The topological polar surface area (TPSA) is 70.5 Å². The monoisotopic (exact) mass is 310 g/mol. The first-order valence-electron chi connectivity index (χ1n) is 5.68. The molecule has 0 fully saturated rings. The Kier molecular flexibility index (Phi) is 4.36. The van der Waals surface area contributed by atoms with Gasteiger partial charge in [0, 0.05) is 16.1 Å². The van der Waals surface area contributed by atoms with Gasteiger partial charge in [-0.25, -0.2) is 4.98 Å². The van der Waals surface area contributed by atoms with E-state index in [2.05, 4.69) is 4.98 Å². The van der Waals surface area contributed by atoms with Crippen molar-refractivity contribution in [2.45, 2.75) is 6.92 Å². The van der Waals surface area contributed by atoms with Crippen molar-refractivity contribution in [3.8, 4) is 0 Å². The van der Waals surface area contributed by atoms with E-state index in [1.807, 2.05) is 0 Å². The SMILES string of the molecule is Cc1nc(C(=O)N(CC(=O)O)c2cccc(Cl)c2)cs1. The van der Waals surface area contributed by atoms with Crippen LogP contribution in [0.4, 0.5) is 5.69 Å². The molecule has 0 radical (unpaired) electrons. The fraction of sp³-hybridized carbons (Fsp3) is 0.154. The van der Waals surface area contributed by atoms with E-state index in [9.17, 15) is 9.59 Å². The number of carboxylic acids is 1. The van der Waals surface area contributed by atoms with Crippen LogP contribution in [0.25, 0.3) is 0 Å². The molecule has 0 aliphatic heterocycles. The number of carbonyl (C=O) groups excluding carboxylic acids is 1. The van der Waals surface area contributed by atoms with Gasteiger partial charge in [0.05, 0.1) is 5.01 Å². The van der Waals surface area contributed by atoms with Crippen LogP contribution in [0.2, 0.25) is 5.02 Å². The van der Waals surface area contributed by atoms with Crippen molar-refractivity contribution in [2.75, 3.05) is 11.4 Å². The van der Waals surface area contributed by atoms with Gasteiger partial charge in [-0.15, -0.1) is 11.3 Å². The van der Waals surface area contributed by atoms with Gasteiger partial charge in [-0.05, 0) is 25.1 Å². The quantitative estimate of drug-likeness (QED) is 0.942. The molecule has 7 heteroatoms. The predicted molar refractivity (Wildman–Crippen MR) is 77.6 cm³/mol. The van der Waals surface area contributed by atoms with Crippen LogP contribution in [0.5, 0.6) is 0 Å². The van der Waals surface area contributed by atoms with Crippen LogP contribution < -0.4 is 4.90 Å². The number of hydrogen-bond acceptors (Lipinski definition) is 4. The van der Waals surface area contributed by atoms with Crippen molar-refractivity contribution < 1.29 is 14.7 Å². The van der Waals surface area contributed by atoms with Gasteiger partial charge in [-0.3, -0.25) is 14.5 Å². The van der Waals surface area contributed by atoms with Gasteiger partial charge in [0.1, 0.15) is 12.2 Å². The van der Waals surface area contributed by atoms with Gasteiger partial charge in [0.15, 0.2) is 0 Å². The molecule has 20 heavy (non-hydrogen) atoms. The molecule has 0 saturated carbocycles. The summed E-state index contributed by atoms with van der Waals surface area (Å²) in [5, 5.41) is 11.8. The maximum absolute atomic E-state index is 12.4. The smallest absolute Gasteiger partial charge is 0.323 e. The second-order valence-electron chi connectivity index (χ2n) is 4.02. The molecule has 5 nitrogen and oxygen atoms in total. The zero-order chi connectivity index (χ0) is 14.7. The van der Waals surface area contributed by atoms with Crippen LogP contribution in [0, 0.1) is 6.92 Å². The predicted octanol–water partition coefficient (Wildman–Crippen LogP) is 2.84. The highest BCUT2D eigenvalue weighted by Gasteiger charge is 2.22. The fourth-order valence-electron chi connectivity index (χ4n) is 1.66. The Morgan fingerprint density at radius 3 is 2.75 bits per heavy atom. The second-order valence-corrected chi connectivity index (χ2v) is 5.52. The Morgan fingerprint density at radius 1 is 1.45 bits per heavy atom. The van der Waals surface area contributed by atoms with Crippen molar-refractivity contribution in [1.82, 2.24) is 4.98 Å². The highest BCUT2D eigenvalue weighted by molar-refractivity contribution is 7.09. The zero-order valence-electron chi connectivity index (χ0n) is 10.5. The number of thiazole rings is 1. The van der Waals surface area contributed by atoms with Crippen LogP contribution in [0.1, 0.15) is 15.5 Å². The van der Waals surface area contributed by atoms with Gasteiger partial charge in [-0.1, -0.05) is 17.7 Å². The van der Waals surface area contributed by atoms with Gasteiger partial charge in [0.2, 0.25) is 0 Å². The van der Waals surface area contributed by atoms with Gasteiger partial charge >= 0.3 is 5.97 Å². The van der Waals surface area contributed by atoms with Crippen LogP contribution in [-0.4, -0.2) is 28.5 Å². The van der Waals surface area contributed by atoms with E-state index in [0.29, 0.717) is 10.7 Å². The highest BCUT2D eigenvalue weighted by atomic mass is 35.5. The number of aliphatic carboxylic acids is 1. The average molecular weight is 311 g/mol. The molecule has 0 aliphatic rings. The van der Waals surface area contributed by atoms with Crippen molar-refractivity contribution in [3.63, 3.8) is 0 Å². The van der Waals surface area contributed by atoms with Gasteiger partial charge < -0.3 is 5.11 Å². The van der Waals surface area contributed by atoms with Gasteiger partial charge in [0.25, 0.3) is 5.91 Å². The molecule has 0 bridgehead atoms. The third-order valence-corrected chi connectivity index (χ3v) is 3.51. The molecular weight excluding hydrogens is 300 g/mol. The molecule has 2 aromatic rings. The minimum atomic E-state index is -1.11. The fourth-order valence-corrected chi connectivity index (χ4v) is 2.43. The lowest BCUT2D eigenvalue weighted by molar-refractivity contribution is -0.135. The van der Waals surface area contributed by atoms with E-state index in [-0.39, 0.29) is 5.69 Å². The molecule has 0 aliphatic carbocycles. The number of amides is 1. The lowest BCUT2D eigenvalue weighted by Gasteiger charge is -2.20. The minimum Gasteiger partial charge on any atom is -0.480 e. The number of rotatable bonds is 4. The zero-order valence-corrected chi connectivity index (χ0v) is 12.1. The van der Waals surface area contributed by atoms with Crippen LogP contribution in [-0.2, 0) is 4.79 Å². The first-order chi connectivity index (χ1) is 9.47. The maximum Gasteiger partial charge on any atom is 0.323 e. The Morgan fingerprint density at radius 2 is 2.20 bits per heavy atom. The molecule has 1 aromatic heterocycles. The van der Waals surface area contributed by atoms with Crippen molar-refractivity contribution in [1.29, 1.82) is 0 Å². The molecule has 0 saturated heterocycles. The van der Waals surface area contributed by atoms with Crippen LogP contribution in [0.15, 0.2) is 29.6 Å². The number of carboxylic acid groups (broad SMARTS) is 1. The number of aromatic nitrogens is 1. The summed E-state index contributed by atoms with van der Waals surface area (Å²) in [6.07, 6.45) is 0. The molecule has 0 atom stereocenters. The molecule has 0 spiro atoms. The highest BCUT2D eigenvalue weighted by Crippen LogP contribution is 2.22. The summed E-state index contributed by atoms with van der Waals surface area (Å²) in [5.74, 6) is -1.57. The summed E-state index contributed by atoms with van der Waals surface area (Å²) in [6, 6.07) is 6.49. The summed E-state index contributed by atoms with van der Waals surface area (Å²) >= 11 is 7.22. The van der Waals surface area contributed by atoms with Gasteiger partial charge in [-0.2, -0.15) is 0 Å². The summed E-state index contributed by atoms with van der Waals surface area (Å²) in [6.45, 7) is 1.33. The van der Waals surface area contributed by atoms with Crippen LogP contribution in [0.3, 0.4) is 0 Å². The summed E-state index contributed by atoms with van der Waals surface area (Å²) in [5.41, 5.74) is 0.657. The Labute approximate surface area is 124 Å². The number of anilines is 1. The third kappa shape index (κ3) is 3.34. The summed E-state index contributed by atoms with van der Waals surface area (Å²) < 4.78 is 0. The van der Waals surface area contributed by atoms with E-state index in [1.54, 1.807) is 36.6 Å². The number of carbonyl (C=O) groups is 2. The molecule has 1 heterocycles. The van der Waals surface area contributed by atoms with Crippen LogP contribution >= 0.6 is 22.9 Å². The second kappa shape index (κ2) is 6.02. The molecule has 2 rings (SSSR count). The van der Waals surface area contributed by atoms with E-state index < -0.39 is 18.4 Å². The van der Waals surface area contributed by atoms with Crippen molar-refractivity contribution in [3.05, 3.63) is 45.4 Å². The largest absolute Gasteiger partial charge is 0.480 e. The minimum absolute atomic E-state index is 0.230. The normalized spacial score (nSPS) is 10.3. The lowest BCUT2D eigenvalue weighted by Crippen LogP contribution is -2.35. The Balaban J connectivity index is 2.37. The Hall–Kier alpha value is -1.92. The number of hydrogen-bond donors (Lipinski definition) is 1.